The van der Waals surface area contributed by atoms with Crippen LogP contribution in [0.15, 0.2) is 27.1 Å². The molecule has 0 bridgehead atoms. The lowest BCUT2D eigenvalue weighted by Gasteiger charge is -2.12. The van der Waals surface area contributed by atoms with Gasteiger partial charge in [0.05, 0.1) is 11.3 Å². The van der Waals surface area contributed by atoms with E-state index in [1.807, 2.05) is 0 Å². The van der Waals surface area contributed by atoms with Gasteiger partial charge in [0.1, 0.15) is 0 Å². The van der Waals surface area contributed by atoms with Crippen LogP contribution < -0.4 is 5.32 Å². The third-order valence-corrected chi connectivity index (χ3v) is 2.99. The second-order valence-corrected chi connectivity index (χ2v) is 5.05. The van der Waals surface area contributed by atoms with Crippen molar-refractivity contribution in [1.82, 2.24) is 10.2 Å². The van der Waals surface area contributed by atoms with E-state index in [9.17, 15) is 13.2 Å². The van der Waals surface area contributed by atoms with Gasteiger partial charge in [-0.1, -0.05) is 21.0 Å². The summed E-state index contributed by atoms with van der Waals surface area (Å²) in [5.74, 6) is 0.543. The van der Waals surface area contributed by atoms with Gasteiger partial charge in [-0.15, -0.1) is 16.7 Å². The summed E-state index contributed by atoms with van der Waals surface area (Å²) in [7, 11) is 0. The lowest BCUT2D eigenvalue weighted by Crippen LogP contribution is -2.09. The van der Waals surface area contributed by atoms with E-state index in [1.165, 1.54) is 12.1 Å². The zero-order valence-corrected chi connectivity index (χ0v) is 12.2. The Hall–Kier alpha value is -1.28. The zero-order valence-electron chi connectivity index (χ0n) is 9.84. The Bertz CT molecular complexity index is 603. The first-order chi connectivity index (χ1) is 9.40. The molecule has 0 aliphatic carbocycles. The Balaban J connectivity index is 2.28. The molecule has 1 N–H and O–H groups in total. The quantitative estimate of drug-likeness (QED) is 0.812. The highest BCUT2D eigenvalue weighted by atomic mass is 79.9. The molecule has 20 heavy (non-hydrogen) atoms. The minimum Gasteiger partial charge on any atom is -0.408 e. The smallest absolute Gasteiger partial charge is 0.408 e. The molecule has 108 valence electrons. The van der Waals surface area contributed by atoms with Crippen LogP contribution >= 0.6 is 27.5 Å². The third-order valence-electron chi connectivity index (χ3n) is 2.30. The van der Waals surface area contributed by atoms with E-state index in [4.69, 9.17) is 16.0 Å². The van der Waals surface area contributed by atoms with Crippen molar-refractivity contribution >= 4 is 39.2 Å². The molecule has 0 aliphatic rings. The molecule has 0 radical (unpaired) electrons. The van der Waals surface area contributed by atoms with Crippen LogP contribution in [-0.4, -0.2) is 16.1 Å². The number of nitrogens with zero attached hydrogens (tertiary/aromatic N) is 2. The maximum atomic E-state index is 12.9. The fraction of sp³-hybridized carbons (Fsp3) is 0.273. The Morgan fingerprint density at radius 1 is 1.30 bits per heavy atom. The lowest BCUT2D eigenvalue weighted by atomic mass is 10.1. The number of hydrogen-bond acceptors (Lipinski definition) is 4. The van der Waals surface area contributed by atoms with Crippen molar-refractivity contribution in [2.45, 2.75) is 12.6 Å². The van der Waals surface area contributed by atoms with Crippen molar-refractivity contribution in [3.63, 3.8) is 0 Å². The van der Waals surface area contributed by atoms with Crippen LogP contribution in [0.1, 0.15) is 11.5 Å². The fourth-order valence-electron chi connectivity index (χ4n) is 1.46. The first kappa shape index (κ1) is 15.1. The summed E-state index contributed by atoms with van der Waals surface area (Å²) in [6, 6.07) is 3.61. The Morgan fingerprint density at radius 2 is 2.05 bits per heavy atom. The van der Waals surface area contributed by atoms with Crippen LogP contribution in [-0.2, 0) is 12.6 Å². The number of nitrogens with one attached hydrogen (secondary N) is 1. The van der Waals surface area contributed by atoms with Gasteiger partial charge in [0.2, 0.25) is 5.89 Å². The molecular weight excluding hydrogens is 362 g/mol. The van der Waals surface area contributed by atoms with Crippen LogP contribution in [0.2, 0.25) is 0 Å². The van der Waals surface area contributed by atoms with E-state index in [0.29, 0.717) is 10.9 Å². The number of anilines is 2. The number of alkyl halides is 4. The number of hydrogen-bond donors (Lipinski definition) is 1. The van der Waals surface area contributed by atoms with Gasteiger partial charge in [-0.3, -0.25) is 0 Å². The molecule has 1 aromatic carbocycles. The molecule has 0 atom stereocenters. The number of rotatable bonds is 4. The van der Waals surface area contributed by atoms with Crippen molar-refractivity contribution in [2.24, 2.45) is 0 Å². The van der Waals surface area contributed by atoms with Crippen LogP contribution in [0, 0.1) is 0 Å². The summed E-state index contributed by atoms with van der Waals surface area (Å²) in [5.41, 5.74) is -0.995. The van der Waals surface area contributed by atoms with Crippen LogP contribution in [0.3, 0.4) is 0 Å². The highest BCUT2D eigenvalue weighted by Gasteiger charge is 2.34. The molecule has 1 heterocycles. The number of aryl methyl sites for hydroxylation is 1. The molecule has 0 spiro atoms. The maximum absolute atomic E-state index is 12.9. The molecule has 9 heteroatoms. The van der Waals surface area contributed by atoms with Gasteiger partial charge >= 0.3 is 12.2 Å². The fourth-order valence-corrected chi connectivity index (χ4v) is 1.98. The van der Waals surface area contributed by atoms with E-state index < -0.39 is 11.7 Å². The summed E-state index contributed by atoms with van der Waals surface area (Å²) < 4.78 is 44.2. The van der Waals surface area contributed by atoms with E-state index in [2.05, 4.69) is 31.4 Å². The van der Waals surface area contributed by atoms with Gasteiger partial charge in [0.15, 0.2) is 0 Å². The standard InChI is InChI=1S/C11H8BrClF3N3O/c12-6-1-2-8(7(5-6)11(14,15)16)17-10-19-18-9(20-10)3-4-13/h1-2,5H,3-4H2,(H,17,19). The van der Waals surface area contributed by atoms with Gasteiger partial charge in [0, 0.05) is 16.8 Å². The van der Waals surface area contributed by atoms with Crippen molar-refractivity contribution in [3.8, 4) is 0 Å². The summed E-state index contributed by atoms with van der Waals surface area (Å²) in [6.45, 7) is 0. The molecule has 4 nitrogen and oxygen atoms in total. The molecule has 0 amide bonds. The van der Waals surface area contributed by atoms with E-state index >= 15 is 0 Å². The number of benzene rings is 1. The largest absolute Gasteiger partial charge is 0.418 e. The predicted molar refractivity (Wildman–Crippen MR) is 71.1 cm³/mol. The predicted octanol–water partition coefficient (Wildman–Crippen LogP) is 4.38. The summed E-state index contributed by atoms with van der Waals surface area (Å²) in [4.78, 5) is 0. The molecule has 0 fully saturated rings. The molecular formula is C11H8BrClF3N3O. The lowest BCUT2D eigenvalue weighted by molar-refractivity contribution is -0.137. The van der Waals surface area contributed by atoms with Gasteiger partial charge < -0.3 is 9.73 Å². The monoisotopic (exact) mass is 369 g/mol. The topological polar surface area (TPSA) is 51.0 Å². The second-order valence-electron chi connectivity index (χ2n) is 3.75. The molecule has 0 unspecified atom stereocenters. The van der Waals surface area contributed by atoms with E-state index in [-0.39, 0.29) is 23.5 Å². The average molecular weight is 371 g/mol. The summed E-state index contributed by atoms with van der Waals surface area (Å²) >= 11 is 8.51. The van der Waals surface area contributed by atoms with Gasteiger partial charge in [-0.25, -0.2) is 0 Å². The minimum absolute atomic E-state index is 0.113. The molecule has 0 aliphatic heterocycles. The van der Waals surface area contributed by atoms with Gasteiger partial charge in [0.25, 0.3) is 0 Å². The summed E-state index contributed by atoms with van der Waals surface area (Å²) in [5, 5.41) is 9.73. The first-order valence-electron chi connectivity index (χ1n) is 5.42. The molecule has 2 aromatic rings. The molecule has 0 saturated heterocycles. The van der Waals surface area contributed by atoms with E-state index in [1.54, 1.807) is 0 Å². The van der Waals surface area contributed by atoms with E-state index in [0.717, 1.165) is 6.07 Å². The number of aromatic nitrogens is 2. The Kier molecular flexibility index (Phi) is 4.54. The molecule has 0 saturated carbocycles. The highest BCUT2D eigenvalue weighted by Crippen LogP contribution is 2.37. The maximum Gasteiger partial charge on any atom is 0.418 e. The van der Waals surface area contributed by atoms with Gasteiger partial charge in [-0.2, -0.15) is 13.2 Å². The second kappa shape index (κ2) is 6.01. The first-order valence-corrected chi connectivity index (χ1v) is 6.75. The molecule has 1 aromatic heterocycles. The Labute approximate surface area is 125 Å². The van der Waals surface area contributed by atoms with Crippen LogP contribution in [0.25, 0.3) is 0 Å². The average Bonchev–Trinajstić information content (AvgIpc) is 2.78. The Morgan fingerprint density at radius 3 is 2.70 bits per heavy atom. The van der Waals surface area contributed by atoms with Crippen LogP contribution in [0.5, 0.6) is 0 Å². The van der Waals surface area contributed by atoms with Crippen LogP contribution in [0.4, 0.5) is 24.9 Å². The normalized spacial score (nSPS) is 11.7. The van der Waals surface area contributed by atoms with Crippen molar-refractivity contribution in [2.75, 3.05) is 11.2 Å². The zero-order chi connectivity index (χ0) is 14.8. The third kappa shape index (κ3) is 3.63. The molecule has 2 rings (SSSR count). The number of halogens is 5. The minimum atomic E-state index is -4.49. The SMILES string of the molecule is FC(F)(F)c1cc(Br)ccc1Nc1nnc(CCCl)o1. The van der Waals surface area contributed by atoms with Crippen molar-refractivity contribution < 1.29 is 17.6 Å². The highest BCUT2D eigenvalue weighted by molar-refractivity contribution is 9.10. The summed E-state index contributed by atoms with van der Waals surface area (Å²) in [6.07, 6.45) is -4.15. The van der Waals surface area contributed by atoms with Gasteiger partial charge in [-0.05, 0) is 18.2 Å². The van der Waals surface area contributed by atoms with Crippen molar-refractivity contribution in [3.05, 3.63) is 34.1 Å². The van der Waals surface area contributed by atoms with Crippen molar-refractivity contribution in [1.29, 1.82) is 0 Å².